The first-order valence-electron chi connectivity index (χ1n) is 13.0. The number of aryl methyl sites for hydroxylation is 1. The van der Waals surface area contributed by atoms with E-state index in [0.717, 1.165) is 16.0 Å². The van der Waals surface area contributed by atoms with Crippen LogP contribution in [0.5, 0.6) is 11.5 Å². The fraction of sp³-hybridized carbons (Fsp3) is 0.393. The minimum atomic E-state index is -0.564. The van der Waals surface area contributed by atoms with E-state index < -0.39 is 35.9 Å². The Labute approximate surface area is 231 Å². The van der Waals surface area contributed by atoms with Crippen molar-refractivity contribution in [2.24, 2.45) is 0 Å². The monoisotopic (exact) mass is 549 g/mol. The minimum absolute atomic E-state index is 0.0743. The zero-order valence-corrected chi connectivity index (χ0v) is 22.6. The summed E-state index contributed by atoms with van der Waals surface area (Å²) in [6, 6.07) is 11.4. The predicted molar refractivity (Wildman–Crippen MR) is 141 cm³/mol. The van der Waals surface area contributed by atoms with Crippen molar-refractivity contribution in [2.45, 2.75) is 25.7 Å². The van der Waals surface area contributed by atoms with Gasteiger partial charge in [-0.25, -0.2) is 4.79 Å². The normalized spacial score (nSPS) is 21.9. The number of hydrogen-bond acceptors (Lipinski definition) is 7. The first-order chi connectivity index (χ1) is 19.1. The Morgan fingerprint density at radius 1 is 1.00 bits per heavy atom. The van der Waals surface area contributed by atoms with E-state index in [1.807, 2.05) is 31.2 Å². The number of carbonyl (C=O) groups excluding carboxylic acids is 5. The van der Waals surface area contributed by atoms with Crippen molar-refractivity contribution in [2.75, 3.05) is 46.8 Å². The smallest absolute Gasteiger partial charge is 0.327 e. The van der Waals surface area contributed by atoms with Gasteiger partial charge in [-0.05, 0) is 42.3 Å². The molecule has 0 aliphatic carbocycles. The van der Waals surface area contributed by atoms with Crippen LogP contribution in [-0.2, 0) is 25.7 Å². The van der Waals surface area contributed by atoms with Crippen molar-refractivity contribution >= 4 is 29.7 Å². The number of benzene rings is 2. The molecule has 2 saturated heterocycles. The molecule has 6 amide bonds. The topological polar surface area (TPSA) is 129 Å². The number of likely N-dealkylation sites (N-methyl/N-ethyl adjacent to an activating group) is 2. The summed E-state index contributed by atoms with van der Waals surface area (Å²) in [6.45, 7) is 1.70. The zero-order chi connectivity index (χ0) is 28.6. The molecule has 2 aromatic rings. The maximum Gasteiger partial charge on any atom is 0.327 e. The second-order valence-corrected chi connectivity index (χ2v) is 10.3. The van der Waals surface area contributed by atoms with Gasteiger partial charge in [-0.15, -0.1) is 0 Å². The number of likely N-dealkylation sites (tertiary alicyclic amines) is 1. The molecule has 2 aromatic carbocycles. The molecule has 0 saturated carbocycles. The van der Waals surface area contributed by atoms with Gasteiger partial charge < -0.3 is 29.5 Å². The molecule has 4 bridgehead atoms. The summed E-state index contributed by atoms with van der Waals surface area (Å²) in [6.07, 6.45) is -0.561. The van der Waals surface area contributed by atoms with Crippen molar-refractivity contribution < 1.29 is 33.4 Å². The lowest BCUT2D eigenvalue weighted by molar-refractivity contribution is -0.136. The van der Waals surface area contributed by atoms with Gasteiger partial charge in [-0.3, -0.25) is 24.1 Å². The van der Waals surface area contributed by atoms with Crippen LogP contribution in [0.3, 0.4) is 0 Å². The molecule has 40 heavy (non-hydrogen) atoms. The molecule has 2 atom stereocenters. The van der Waals surface area contributed by atoms with Crippen LogP contribution in [0.25, 0.3) is 0 Å². The summed E-state index contributed by atoms with van der Waals surface area (Å²) in [5, 5.41) is 2.91. The largest absolute Gasteiger partial charge is 0.457 e. The molecule has 0 radical (unpaired) electrons. The molecule has 3 heterocycles. The third kappa shape index (κ3) is 5.62. The Hall–Kier alpha value is -4.45. The summed E-state index contributed by atoms with van der Waals surface area (Å²) in [5.74, 6) is -0.516. The average Bonchev–Trinajstić information content (AvgIpc) is 3.42. The third-order valence-electron chi connectivity index (χ3n) is 7.24. The van der Waals surface area contributed by atoms with Gasteiger partial charge in [-0.1, -0.05) is 18.2 Å². The van der Waals surface area contributed by atoms with Crippen molar-refractivity contribution in [3.63, 3.8) is 0 Å². The van der Waals surface area contributed by atoms with Crippen LogP contribution in [0.2, 0.25) is 0 Å². The molecule has 2 fully saturated rings. The number of ether oxygens (including phenoxy) is 2. The van der Waals surface area contributed by atoms with E-state index in [0.29, 0.717) is 17.1 Å². The molecule has 3 aliphatic heterocycles. The van der Waals surface area contributed by atoms with Gasteiger partial charge in [0.25, 0.3) is 11.8 Å². The molecule has 12 heteroatoms. The Morgan fingerprint density at radius 2 is 1.80 bits per heavy atom. The number of nitrogens with one attached hydrogen (secondary N) is 1. The Bertz CT molecular complexity index is 1380. The fourth-order valence-corrected chi connectivity index (χ4v) is 4.98. The highest BCUT2D eigenvalue weighted by Crippen LogP contribution is 2.28. The quantitative estimate of drug-likeness (QED) is 0.553. The van der Waals surface area contributed by atoms with Gasteiger partial charge in [0.2, 0.25) is 11.8 Å². The summed E-state index contributed by atoms with van der Waals surface area (Å²) < 4.78 is 12.3. The van der Waals surface area contributed by atoms with Gasteiger partial charge in [0.05, 0.1) is 25.3 Å². The first kappa shape index (κ1) is 27.1. The number of rotatable bonds is 2. The van der Waals surface area contributed by atoms with E-state index in [4.69, 9.17) is 9.47 Å². The van der Waals surface area contributed by atoms with E-state index in [1.54, 1.807) is 18.2 Å². The maximum absolute atomic E-state index is 13.1. The molecule has 0 unspecified atom stereocenters. The van der Waals surface area contributed by atoms with Gasteiger partial charge in [0.1, 0.15) is 24.6 Å². The molecule has 3 aliphatic rings. The minimum Gasteiger partial charge on any atom is -0.457 e. The van der Waals surface area contributed by atoms with Crippen LogP contribution in [0.15, 0.2) is 42.5 Å². The highest BCUT2D eigenvalue weighted by atomic mass is 16.5. The molecule has 0 aromatic heterocycles. The number of amides is 6. The van der Waals surface area contributed by atoms with Gasteiger partial charge in [0.15, 0.2) is 0 Å². The number of urea groups is 1. The summed E-state index contributed by atoms with van der Waals surface area (Å²) >= 11 is 0. The third-order valence-corrected chi connectivity index (χ3v) is 7.24. The van der Waals surface area contributed by atoms with E-state index >= 15 is 0 Å². The van der Waals surface area contributed by atoms with Crippen LogP contribution >= 0.6 is 0 Å². The van der Waals surface area contributed by atoms with E-state index in [2.05, 4.69) is 5.32 Å². The molecule has 0 spiro atoms. The van der Waals surface area contributed by atoms with Gasteiger partial charge in [0, 0.05) is 32.7 Å². The van der Waals surface area contributed by atoms with Crippen LogP contribution < -0.4 is 10.1 Å². The highest BCUT2D eigenvalue weighted by Gasteiger charge is 2.40. The van der Waals surface area contributed by atoms with Gasteiger partial charge in [-0.2, -0.15) is 0 Å². The molecular weight excluding hydrogens is 518 g/mol. The lowest BCUT2D eigenvalue weighted by Gasteiger charge is -2.23. The second kappa shape index (κ2) is 11.0. The SMILES string of the molecule is Cc1ccc2cc1Oc1cccc(c1)CO[C@H]1CN(C(=O)CN3C(=O)CN(C)C3=O)C[C@@H]1NC(=O)CN(C)C2=O. The Morgan fingerprint density at radius 3 is 2.55 bits per heavy atom. The average molecular weight is 550 g/mol. The Balaban J connectivity index is 1.37. The zero-order valence-electron chi connectivity index (χ0n) is 22.6. The molecule has 5 rings (SSSR count). The van der Waals surface area contributed by atoms with Crippen LogP contribution in [0, 0.1) is 6.92 Å². The van der Waals surface area contributed by atoms with E-state index in [1.165, 1.54) is 28.8 Å². The second-order valence-electron chi connectivity index (χ2n) is 10.3. The summed E-state index contributed by atoms with van der Waals surface area (Å²) in [5.41, 5.74) is 2.05. The number of nitrogens with zero attached hydrogens (tertiary/aromatic N) is 4. The number of hydrogen-bond donors (Lipinski definition) is 1. The molecule has 1 N–H and O–H groups in total. The molecular formula is C28H31N5O7. The highest BCUT2D eigenvalue weighted by molar-refractivity contribution is 6.04. The standard InChI is InChI=1S/C28H31N5O7/c1-17-7-8-19-10-22(17)40-20-6-4-5-18(9-20)16-39-23-12-32(11-21(23)29-24(34)13-30(2)27(19)37)25(35)15-33-26(36)14-31(3)28(33)38/h4-10,21,23H,11-16H2,1-3H3,(H,29,34)/t21-,23-/m0/s1. The Kier molecular flexibility index (Phi) is 7.44. The van der Waals surface area contributed by atoms with Gasteiger partial charge >= 0.3 is 6.03 Å². The summed E-state index contributed by atoms with van der Waals surface area (Å²) in [4.78, 5) is 68.5. The molecule has 12 nitrogen and oxygen atoms in total. The van der Waals surface area contributed by atoms with Crippen molar-refractivity contribution in [1.82, 2.24) is 24.9 Å². The lowest BCUT2D eigenvalue weighted by atomic mass is 10.1. The van der Waals surface area contributed by atoms with Crippen molar-refractivity contribution in [3.05, 3.63) is 59.2 Å². The van der Waals surface area contributed by atoms with E-state index in [9.17, 15) is 24.0 Å². The number of fused-ring (bicyclic) bond motifs is 5. The van der Waals surface area contributed by atoms with Crippen LogP contribution in [-0.4, -0.2) is 108 Å². The first-order valence-corrected chi connectivity index (χ1v) is 13.0. The van der Waals surface area contributed by atoms with Crippen LogP contribution in [0.4, 0.5) is 4.79 Å². The number of imide groups is 1. The van der Waals surface area contributed by atoms with Crippen molar-refractivity contribution in [3.8, 4) is 11.5 Å². The maximum atomic E-state index is 13.1. The fourth-order valence-electron chi connectivity index (χ4n) is 4.98. The van der Waals surface area contributed by atoms with Crippen LogP contribution in [0.1, 0.15) is 21.5 Å². The lowest BCUT2D eigenvalue weighted by Crippen LogP contribution is -2.48. The molecule has 210 valence electrons. The predicted octanol–water partition coefficient (Wildman–Crippen LogP) is 0.979. The summed E-state index contributed by atoms with van der Waals surface area (Å²) in [7, 11) is 3.03. The van der Waals surface area contributed by atoms with E-state index in [-0.39, 0.29) is 45.2 Å². The number of carbonyl (C=O) groups is 5. The van der Waals surface area contributed by atoms with Crippen molar-refractivity contribution in [1.29, 1.82) is 0 Å².